The van der Waals surface area contributed by atoms with Gasteiger partial charge in [0.05, 0.1) is 6.61 Å². The Labute approximate surface area is 77.2 Å². The Bertz CT molecular complexity index is 369. The van der Waals surface area contributed by atoms with E-state index in [9.17, 15) is 4.79 Å². The molecule has 0 heterocycles. The van der Waals surface area contributed by atoms with Crippen LogP contribution in [-0.4, -0.2) is 11.4 Å². The molecule has 1 aromatic carbocycles. The predicted molar refractivity (Wildman–Crippen MR) is 50.0 cm³/mol. The number of aryl methyl sites for hydroxylation is 1. The summed E-state index contributed by atoms with van der Waals surface area (Å²) in [4.78, 5) is 9.97. The van der Waals surface area contributed by atoms with Gasteiger partial charge in [-0.3, -0.25) is 4.79 Å². The minimum atomic E-state index is 0.0349. The highest BCUT2D eigenvalue weighted by molar-refractivity contribution is 5.74. The third kappa shape index (κ3) is 2.43. The zero-order chi connectivity index (χ0) is 9.68. The van der Waals surface area contributed by atoms with Gasteiger partial charge in [-0.2, -0.15) is 0 Å². The van der Waals surface area contributed by atoms with Crippen molar-refractivity contribution in [3.8, 4) is 11.8 Å². The van der Waals surface area contributed by atoms with E-state index in [1.165, 1.54) is 0 Å². The fourth-order valence-corrected chi connectivity index (χ4v) is 1.06. The summed E-state index contributed by atoms with van der Waals surface area (Å²) in [5.74, 6) is 5.02. The molecule has 2 heteroatoms. The first-order chi connectivity index (χ1) is 6.27. The number of carbonyl (C=O) groups is 1. The summed E-state index contributed by atoms with van der Waals surface area (Å²) < 4.78 is 0. The van der Waals surface area contributed by atoms with Crippen molar-refractivity contribution in [2.24, 2.45) is 0 Å². The molecule has 0 atom stereocenters. The van der Waals surface area contributed by atoms with E-state index < -0.39 is 0 Å². The summed E-state index contributed by atoms with van der Waals surface area (Å²) in [6, 6.07) is 5.45. The Kier molecular flexibility index (Phi) is 3.24. The van der Waals surface area contributed by atoms with Crippen molar-refractivity contribution in [1.29, 1.82) is 0 Å². The number of benzene rings is 1. The van der Waals surface area contributed by atoms with Crippen LogP contribution < -0.4 is 0 Å². The lowest BCUT2D eigenvalue weighted by molar-refractivity contribution is -0.103. The number of hydrogen-bond acceptors (Lipinski definition) is 2. The second kappa shape index (κ2) is 4.44. The minimum absolute atomic E-state index is 0.0349. The maximum absolute atomic E-state index is 9.97. The van der Waals surface area contributed by atoms with Gasteiger partial charge < -0.3 is 5.11 Å². The van der Waals surface area contributed by atoms with Crippen LogP contribution in [0.4, 0.5) is 0 Å². The molecule has 0 fully saturated rings. The molecule has 0 radical (unpaired) electrons. The second-order valence-electron chi connectivity index (χ2n) is 2.69. The molecule has 0 bridgehead atoms. The summed E-state index contributed by atoms with van der Waals surface area (Å²) in [7, 11) is 0. The van der Waals surface area contributed by atoms with Gasteiger partial charge in [-0.25, -0.2) is 0 Å². The molecule has 0 aromatic heterocycles. The zero-order valence-corrected chi connectivity index (χ0v) is 7.37. The van der Waals surface area contributed by atoms with Gasteiger partial charge in [0.2, 0.25) is 0 Å². The fourth-order valence-electron chi connectivity index (χ4n) is 1.06. The molecular weight excluding hydrogens is 164 g/mol. The monoisotopic (exact) mass is 174 g/mol. The average molecular weight is 174 g/mol. The first-order valence-electron chi connectivity index (χ1n) is 3.93. The van der Waals surface area contributed by atoms with Crippen molar-refractivity contribution in [1.82, 2.24) is 0 Å². The molecule has 0 unspecified atom stereocenters. The summed E-state index contributed by atoms with van der Waals surface area (Å²) >= 11 is 0. The van der Waals surface area contributed by atoms with Crippen LogP contribution in [-0.2, 0) is 11.4 Å². The molecule has 0 aliphatic rings. The summed E-state index contributed by atoms with van der Waals surface area (Å²) in [5, 5.41) is 8.89. The molecule has 0 spiro atoms. The lowest BCUT2D eigenvalue weighted by Crippen LogP contribution is -1.88. The molecular formula is C11H10O2. The van der Waals surface area contributed by atoms with Gasteiger partial charge in [0.15, 0.2) is 6.29 Å². The Morgan fingerprint density at radius 2 is 2.31 bits per heavy atom. The van der Waals surface area contributed by atoms with E-state index in [4.69, 9.17) is 5.11 Å². The molecule has 0 saturated heterocycles. The van der Waals surface area contributed by atoms with Crippen LogP contribution in [0.15, 0.2) is 18.2 Å². The number of carbonyl (C=O) groups excluding carboxylic acids is 1. The van der Waals surface area contributed by atoms with E-state index >= 15 is 0 Å². The molecule has 2 nitrogen and oxygen atoms in total. The zero-order valence-electron chi connectivity index (χ0n) is 7.37. The Morgan fingerprint density at radius 1 is 1.54 bits per heavy atom. The maximum Gasteiger partial charge on any atom is 0.193 e. The highest BCUT2D eigenvalue weighted by Crippen LogP contribution is 2.09. The van der Waals surface area contributed by atoms with Gasteiger partial charge in [-0.05, 0) is 36.1 Å². The SMILES string of the molecule is Cc1cc(C#CC=O)ccc1CO. The molecule has 1 N–H and O–H groups in total. The van der Waals surface area contributed by atoms with Crippen LogP contribution in [0, 0.1) is 18.8 Å². The van der Waals surface area contributed by atoms with Crippen molar-refractivity contribution in [3.63, 3.8) is 0 Å². The largest absolute Gasteiger partial charge is 0.392 e. The van der Waals surface area contributed by atoms with E-state index in [0.29, 0.717) is 6.29 Å². The van der Waals surface area contributed by atoms with Gasteiger partial charge in [-0.15, -0.1) is 0 Å². The van der Waals surface area contributed by atoms with Crippen molar-refractivity contribution < 1.29 is 9.90 Å². The molecule has 0 saturated carbocycles. The van der Waals surface area contributed by atoms with E-state index in [1.54, 1.807) is 6.07 Å². The summed E-state index contributed by atoms with van der Waals surface area (Å²) in [6.07, 6.45) is 0.565. The second-order valence-corrected chi connectivity index (χ2v) is 2.69. The first-order valence-corrected chi connectivity index (χ1v) is 3.93. The highest BCUT2D eigenvalue weighted by atomic mass is 16.3. The van der Waals surface area contributed by atoms with E-state index in [2.05, 4.69) is 11.8 Å². The molecule has 1 aromatic rings. The van der Waals surface area contributed by atoms with Crippen LogP contribution in [0.5, 0.6) is 0 Å². The number of rotatable bonds is 1. The average Bonchev–Trinajstić information content (AvgIpc) is 2.15. The van der Waals surface area contributed by atoms with Gasteiger partial charge >= 0.3 is 0 Å². The van der Waals surface area contributed by atoms with Crippen LogP contribution in [0.3, 0.4) is 0 Å². The Hall–Kier alpha value is -1.59. The number of aldehydes is 1. The van der Waals surface area contributed by atoms with Crippen LogP contribution in [0.1, 0.15) is 16.7 Å². The number of aliphatic hydroxyl groups is 1. The van der Waals surface area contributed by atoms with Crippen molar-refractivity contribution in [3.05, 3.63) is 34.9 Å². The topological polar surface area (TPSA) is 37.3 Å². The van der Waals surface area contributed by atoms with Gasteiger partial charge in [0.25, 0.3) is 0 Å². The Morgan fingerprint density at radius 3 is 2.85 bits per heavy atom. The van der Waals surface area contributed by atoms with Crippen LogP contribution >= 0.6 is 0 Å². The number of hydrogen-bond donors (Lipinski definition) is 1. The van der Waals surface area contributed by atoms with Crippen molar-refractivity contribution in [2.45, 2.75) is 13.5 Å². The standard InChI is InChI=1S/C11H10O2/c1-9-7-10(3-2-6-12)4-5-11(9)8-13/h4-7,13H,8H2,1H3. The lowest BCUT2D eigenvalue weighted by Gasteiger charge is -2.01. The molecule has 0 amide bonds. The highest BCUT2D eigenvalue weighted by Gasteiger charge is 1.96. The van der Waals surface area contributed by atoms with Crippen molar-refractivity contribution in [2.75, 3.05) is 0 Å². The molecule has 0 aliphatic heterocycles. The van der Waals surface area contributed by atoms with E-state index in [0.717, 1.165) is 16.7 Å². The normalized spacial score (nSPS) is 8.77. The summed E-state index contributed by atoms with van der Waals surface area (Å²) in [5.41, 5.74) is 2.67. The molecule has 13 heavy (non-hydrogen) atoms. The first kappa shape index (κ1) is 9.50. The van der Waals surface area contributed by atoms with Crippen LogP contribution in [0.2, 0.25) is 0 Å². The minimum Gasteiger partial charge on any atom is -0.392 e. The van der Waals surface area contributed by atoms with Gasteiger partial charge in [0.1, 0.15) is 0 Å². The summed E-state index contributed by atoms with van der Waals surface area (Å²) in [6.45, 7) is 1.94. The van der Waals surface area contributed by atoms with Gasteiger partial charge in [0, 0.05) is 5.56 Å². The maximum atomic E-state index is 9.97. The quantitative estimate of drug-likeness (QED) is 0.510. The smallest absolute Gasteiger partial charge is 0.193 e. The molecule has 0 aliphatic carbocycles. The van der Waals surface area contributed by atoms with E-state index in [-0.39, 0.29) is 6.61 Å². The van der Waals surface area contributed by atoms with Gasteiger partial charge in [-0.1, -0.05) is 12.0 Å². The molecule has 66 valence electrons. The Balaban J connectivity index is 3.02. The predicted octanol–water partition coefficient (Wildman–Crippen LogP) is 1.04. The molecule has 1 rings (SSSR count). The third-order valence-electron chi connectivity index (χ3n) is 1.79. The third-order valence-corrected chi connectivity index (χ3v) is 1.79. The number of aliphatic hydroxyl groups excluding tert-OH is 1. The van der Waals surface area contributed by atoms with Crippen molar-refractivity contribution >= 4 is 6.29 Å². The van der Waals surface area contributed by atoms with Crippen LogP contribution in [0.25, 0.3) is 0 Å². The lowest BCUT2D eigenvalue weighted by atomic mass is 10.1. The fraction of sp³-hybridized carbons (Fsp3) is 0.182. The van der Waals surface area contributed by atoms with E-state index in [1.807, 2.05) is 19.1 Å².